The molecule has 1 rings (SSSR count). The Labute approximate surface area is 96.5 Å². The van der Waals surface area contributed by atoms with Gasteiger partial charge in [0.2, 0.25) is 0 Å². The molecule has 2 N–H and O–H groups in total. The number of benzene rings is 1. The maximum atomic E-state index is 13.6. The van der Waals surface area contributed by atoms with Gasteiger partial charge in [-0.3, -0.25) is 0 Å². The molecule has 0 radical (unpaired) electrons. The van der Waals surface area contributed by atoms with Crippen LogP contribution in [0.4, 0.5) is 4.39 Å². The molecule has 90 valence electrons. The molecule has 1 aromatic carbocycles. The van der Waals surface area contributed by atoms with Gasteiger partial charge < -0.3 is 10.4 Å². The first-order chi connectivity index (χ1) is 7.72. The SMILES string of the molecule is CCC(N[C@H](CC)CO)c1ccccc1F. The molecule has 0 saturated carbocycles. The lowest BCUT2D eigenvalue weighted by molar-refractivity contribution is 0.225. The van der Waals surface area contributed by atoms with Crippen molar-refractivity contribution < 1.29 is 9.50 Å². The van der Waals surface area contributed by atoms with Crippen LogP contribution < -0.4 is 5.32 Å². The van der Waals surface area contributed by atoms with Crippen LogP contribution in [0.25, 0.3) is 0 Å². The standard InChI is InChI=1S/C13H20FNO/c1-3-10(9-16)15-13(4-2)11-7-5-6-8-12(11)14/h5-8,10,13,15-16H,3-4,9H2,1-2H3/t10-,13?/m1/s1. The maximum Gasteiger partial charge on any atom is 0.127 e. The zero-order chi connectivity index (χ0) is 12.0. The first-order valence-corrected chi connectivity index (χ1v) is 5.84. The van der Waals surface area contributed by atoms with Crippen molar-refractivity contribution in [3.05, 3.63) is 35.6 Å². The Morgan fingerprint density at radius 1 is 1.25 bits per heavy atom. The van der Waals surface area contributed by atoms with Gasteiger partial charge in [-0.05, 0) is 18.9 Å². The van der Waals surface area contributed by atoms with Crippen molar-refractivity contribution in [1.82, 2.24) is 5.32 Å². The number of rotatable bonds is 6. The van der Waals surface area contributed by atoms with Crippen LogP contribution in [0.1, 0.15) is 38.3 Å². The normalized spacial score (nSPS) is 14.8. The van der Waals surface area contributed by atoms with E-state index in [1.165, 1.54) is 6.07 Å². The molecule has 1 unspecified atom stereocenters. The van der Waals surface area contributed by atoms with Gasteiger partial charge in [-0.1, -0.05) is 32.0 Å². The zero-order valence-electron chi connectivity index (χ0n) is 9.91. The third-order valence-electron chi connectivity index (χ3n) is 2.84. The van der Waals surface area contributed by atoms with E-state index in [4.69, 9.17) is 5.11 Å². The highest BCUT2D eigenvalue weighted by Gasteiger charge is 2.16. The summed E-state index contributed by atoms with van der Waals surface area (Å²) in [5.41, 5.74) is 0.678. The van der Waals surface area contributed by atoms with E-state index in [9.17, 15) is 4.39 Å². The summed E-state index contributed by atoms with van der Waals surface area (Å²) in [6.07, 6.45) is 1.64. The summed E-state index contributed by atoms with van der Waals surface area (Å²) < 4.78 is 13.6. The van der Waals surface area contributed by atoms with Crippen molar-refractivity contribution in [2.75, 3.05) is 6.61 Å². The maximum absolute atomic E-state index is 13.6. The number of nitrogens with one attached hydrogen (secondary N) is 1. The second-order valence-corrected chi connectivity index (χ2v) is 3.94. The van der Waals surface area contributed by atoms with E-state index in [1.54, 1.807) is 12.1 Å². The molecule has 16 heavy (non-hydrogen) atoms. The molecular weight excluding hydrogens is 205 g/mol. The van der Waals surface area contributed by atoms with E-state index in [2.05, 4.69) is 5.32 Å². The Hall–Kier alpha value is -0.930. The highest BCUT2D eigenvalue weighted by molar-refractivity contribution is 5.21. The fraction of sp³-hybridized carbons (Fsp3) is 0.538. The molecule has 0 aliphatic carbocycles. The summed E-state index contributed by atoms with van der Waals surface area (Å²) in [6, 6.07) is 6.79. The number of aliphatic hydroxyl groups excluding tert-OH is 1. The van der Waals surface area contributed by atoms with Crippen molar-refractivity contribution in [2.24, 2.45) is 0 Å². The predicted molar refractivity (Wildman–Crippen MR) is 63.7 cm³/mol. The van der Waals surface area contributed by atoms with E-state index in [0.717, 1.165) is 12.8 Å². The van der Waals surface area contributed by atoms with Gasteiger partial charge in [-0.15, -0.1) is 0 Å². The van der Waals surface area contributed by atoms with E-state index in [-0.39, 0.29) is 24.5 Å². The molecule has 0 amide bonds. The van der Waals surface area contributed by atoms with Crippen molar-refractivity contribution in [2.45, 2.75) is 38.8 Å². The molecular formula is C13H20FNO. The highest BCUT2D eigenvalue weighted by Crippen LogP contribution is 2.20. The number of aliphatic hydroxyl groups is 1. The summed E-state index contributed by atoms with van der Waals surface area (Å²) in [6.45, 7) is 4.09. The van der Waals surface area contributed by atoms with Gasteiger partial charge in [0.1, 0.15) is 5.82 Å². The van der Waals surface area contributed by atoms with E-state index >= 15 is 0 Å². The molecule has 0 fully saturated rings. The molecule has 0 bridgehead atoms. The van der Waals surface area contributed by atoms with E-state index in [1.807, 2.05) is 19.9 Å². The van der Waals surface area contributed by atoms with Crippen molar-refractivity contribution >= 4 is 0 Å². The molecule has 0 saturated heterocycles. The molecule has 1 aromatic rings. The van der Waals surface area contributed by atoms with E-state index < -0.39 is 0 Å². The average molecular weight is 225 g/mol. The Kier molecular flexibility index (Phi) is 5.43. The van der Waals surface area contributed by atoms with Crippen LogP contribution in [0.2, 0.25) is 0 Å². The number of halogens is 1. The first kappa shape index (κ1) is 13.1. The van der Waals surface area contributed by atoms with Crippen molar-refractivity contribution in [1.29, 1.82) is 0 Å². The molecule has 2 atom stereocenters. The fourth-order valence-electron chi connectivity index (χ4n) is 1.77. The Bertz CT molecular complexity index is 313. The monoisotopic (exact) mass is 225 g/mol. The van der Waals surface area contributed by atoms with Crippen LogP contribution in [0.15, 0.2) is 24.3 Å². The van der Waals surface area contributed by atoms with Gasteiger partial charge >= 0.3 is 0 Å². The van der Waals surface area contributed by atoms with Crippen LogP contribution in [0, 0.1) is 5.82 Å². The molecule has 0 aliphatic heterocycles. The van der Waals surface area contributed by atoms with Gasteiger partial charge in [0.15, 0.2) is 0 Å². The number of hydrogen-bond acceptors (Lipinski definition) is 2. The Balaban J connectivity index is 2.78. The summed E-state index contributed by atoms with van der Waals surface area (Å²) in [4.78, 5) is 0. The molecule has 0 aromatic heterocycles. The zero-order valence-corrected chi connectivity index (χ0v) is 9.91. The lowest BCUT2D eigenvalue weighted by Crippen LogP contribution is -2.35. The lowest BCUT2D eigenvalue weighted by atomic mass is 10.0. The summed E-state index contributed by atoms with van der Waals surface area (Å²) in [7, 11) is 0. The van der Waals surface area contributed by atoms with Gasteiger partial charge in [-0.25, -0.2) is 4.39 Å². The largest absolute Gasteiger partial charge is 0.395 e. The fourth-order valence-corrected chi connectivity index (χ4v) is 1.77. The quantitative estimate of drug-likeness (QED) is 0.780. The van der Waals surface area contributed by atoms with Gasteiger partial charge in [0.05, 0.1) is 6.61 Å². The Morgan fingerprint density at radius 2 is 1.94 bits per heavy atom. The minimum absolute atomic E-state index is 0.0294. The lowest BCUT2D eigenvalue weighted by Gasteiger charge is -2.23. The van der Waals surface area contributed by atoms with Crippen LogP contribution in [0.5, 0.6) is 0 Å². The molecule has 0 heterocycles. The second kappa shape index (κ2) is 6.61. The molecule has 3 heteroatoms. The van der Waals surface area contributed by atoms with Gasteiger partial charge in [0, 0.05) is 17.6 Å². The van der Waals surface area contributed by atoms with Gasteiger partial charge in [0.25, 0.3) is 0 Å². The molecule has 0 aliphatic rings. The minimum Gasteiger partial charge on any atom is -0.395 e. The van der Waals surface area contributed by atoms with Crippen LogP contribution in [0.3, 0.4) is 0 Å². The summed E-state index contributed by atoms with van der Waals surface area (Å²) in [5, 5.41) is 12.4. The second-order valence-electron chi connectivity index (χ2n) is 3.94. The summed E-state index contributed by atoms with van der Waals surface area (Å²) in [5.74, 6) is -0.186. The number of hydrogen-bond donors (Lipinski definition) is 2. The third kappa shape index (κ3) is 3.29. The van der Waals surface area contributed by atoms with Crippen LogP contribution in [-0.2, 0) is 0 Å². The highest BCUT2D eigenvalue weighted by atomic mass is 19.1. The third-order valence-corrected chi connectivity index (χ3v) is 2.84. The van der Waals surface area contributed by atoms with Crippen molar-refractivity contribution in [3.8, 4) is 0 Å². The van der Waals surface area contributed by atoms with Crippen LogP contribution >= 0.6 is 0 Å². The predicted octanol–water partition coefficient (Wildman–Crippen LogP) is 2.64. The van der Waals surface area contributed by atoms with E-state index in [0.29, 0.717) is 5.56 Å². The topological polar surface area (TPSA) is 32.3 Å². The minimum atomic E-state index is -0.186. The average Bonchev–Trinajstić information content (AvgIpc) is 2.32. The van der Waals surface area contributed by atoms with Crippen molar-refractivity contribution in [3.63, 3.8) is 0 Å². The molecule has 2 nitrogen and oxygen atoms in total. The van der Waals surface area contributed by atoms with Gasteiger partial charge in [-0.2, -0.15) is 0 Å². The van der Waals surface area contributed by atoms with Crippen LogP contribution in [-0.4, -0.2) is 17.8 Å². The smallest absolute Gasteiger partial charge is 0.127 e. The summed E-state index contributed by atoms with van der Waals surface area (Å²) >= 11 is 0. The first-order valence-electron chi connectivity index (χ1n) is 5.84. The Morgan fingerprint density at radius 3 is 2.44 bits per heavy atom. The molecule has 0 spiro atoms.